The second-order valence-electron chi connectivity index (χ2n) is 11.4. The molecule has 1 fully saturated rings. The molecular formula is C30H38FN9O4S. The summed E-state index contributed by atoms with van der Waals surface area (Å²) in [6, 6.07) is 4.03. The Kier molecular flexibility index (Phi) is 9.44. The third-order valence-corrected chi connectivity index (χ3v) is 9.27. The van der Waals surface area contributed by atoms with Crippen molar-refractivity contribution in [1.29, 1.82) is 0 Å². The van der Waals surface area contributed by atoms with E-state index in [1.54, 1.807) is 19.5 Å². The maximum Gasteiger partial charge on any atom is 0.242 e. The number of amides is 1. The van der Waals surface area contributed by atoms with Gasteiger partial charge >= 0.3 is 0 Å². The zero-order valence-corrected chi connectivity index (χ0v) is 26.9. The number of likely N-dealkylation sites (N-methyl/N-ethyl adjacent to an activating group) is 1. The zero-order valence-electron chi connectivity index (χ0n) is 26.1. The van der Waals surface area contributed by atoms with Crippen molar-refractivity contribution in [2.24, 2.45) is 0 Å². The molecule has 1 aromatic carbocycles. The fourth-order valence-electron chi connectivity index (χ4n) is 5.81. The zero-order chi connectivity index (χ0) is 32.5. The number of aromatic amines is 1. The Morgan fingerprint density at radius 3 is 2.73 bits per heavy atom. The Morgan fingerprint density at radius 2 is 2.02 bits per heavy atom. The van der Waals surface area contributed by atoms with Gasteiger partial charge in [-0.05, 0) is 45.0 Å². The second-order valence-corrected chi connectivity index (χ2v) is 13.4. The number of aromatic nitrogens is 5. The molecule has 1 aliphatic rings. The Balaban J connectivity index is 1.41. The van der Waals surface area contributed by atoms with Crippen molar-refractivity contribution in [3.05, 3.63) is 48.3 Å². The van der Waals surface area contributed by atoms with Crippen molar-refractivity contribution < 1.29 is 22.3 Å². The molecule has 0 bridgehead atoms. The Bertz CT molecular complexity index is 1820. The third kappa shape index (κ3) is 6.66. The van der Waals surface area contributed by atoms with E-state index in [1.165, 1.54) is 24.5 Å². The molecule has 0 aliphatic carbocycles. The number of sulfone groups is 1. The minimum Gasteiger partial charge on any atom is -0.383 e. The highest BCUT2D eigenvalue weighted by Gasteiger charge is 2.36. The van der Waals surface area contributed by atoms with E-state index in [4.69, 9.17) is 4.74 Å². The fourth-order valence-corrected chi connectivity index (χ4v) is 6.58. The predicted molar refractivity (Wildman–Crippen MR) is 170 cm³/mol. The van der Waals surface area contributed by atoms with Gasteiger partial charge in [-0.1, -0.05) is 13.0 Å². The minimum atomic E-state index is -3.77. The first kappa shape index (κ1) is 32.3. The number of benzene rings is 1. The molecule has 2 unspecified atom stereocenters. The van der Waals surface area contributed by atoms with Crippen molar-refractivity contribution in [2.45, 2.75) is 50.2 Å². The van der Waals surface area contributed by atoms with Crippen LogP contribution in [0, 0.1) is 12.7 Å². The number of fused-ring (bicyclic) bond motifs is 1. The van der Waals surface area contributed by atoms with Crippen LogP contribution in [0.4, 0.5) is 21.8 Å². The number of nitrogens with one attached hydrogen (secondary N) is 3. The lowest BCUT2D eigenvalue weighted by Gasteiger charge is -2.46. The largest absolute Gasteiger partial charge is 0.383 e. The maximum absolute atomic E-state index is 15.0. The molecule has 3 atom stereocenters. The average molecular weight is 640 g/mol. The topological polar surface area (TPSA) is 158 Å². The number of methoxy groups -OCH3 is 1. The van der Waals surface area contributed by atoms with E-state index < -0.39 is 20.5 Å². The molecule has 0 spiro atoms. The van der Waals surface area contributed by atoms with E-state index in [1.807, 2.05) is 13.8 Å². The van der Waals surface area contributed by atoms with E-state index in [2.05, 4.69) is 59.3 Å². The summed E-state index contributed by atoms with van der Waals surface area (Å²) in [5, 5.41) is 5.81. The lowest BCUT2D eigenvalue weighted by atomic mass is 10.0. The van der Waals surface area contributed by atoms with Crippen LogP contribution < -0.4 is 10.6 Å². The van der Waals surface area contributed by atoms with Crippen LogP contribution in [-0.4, -0.2) is 107 Å². The molecule has 1 saturated heterocycles. The number of halogens is 1. The molecule has 4 heterocycles. The van der Waals surface area contributed by atoms with Gasteiger partial charge in [0.25, 0.3) is 0 Å². The number of nitrogens with zero attached hydrogens (tertiary/aromatic N) is 6. The highest BCUT2D eigenvalue weighted by Crippen LogP contribution is 2.32. The Labute approximate surface area is 261 Å². The van der Waals surface area contributed by atoms with Crippen molar-refractivity contribution >= 4 is 44.2 Å². The minimum absolute atomic E-state index is 0.0657. The van der Waals surface area contributed by atoms with Gasteiger partial charge in [-0.25, -0.2) is 32.7 Å². The van der Waals surface area contributed by atoms with Crippen LogP contribution in [0.5, 0.6) is 0 Å². The molecule has 13 nitrogen and oxygen atoms in total. The Morgan fingerprint density at radius 1 is 1.24 bits per heavy atom. The molecule has 4 aromatic rings. The molecule has 5 rings (SSSR count). The summed E-state index contributed by atoms with van der Waals surface area (Å²) in [7, 11) is -0.0121. The SMILES string of the molecule is CC[C@H](C(=O)Nc1ncnc2c(-c3nc(Nc4cccc(S(C)(=O)=O)c4F)ncc3C)c[nH]c12)N1CC(COC)N(C)CC1C. The molecule has 240 valence electrons. The highest BCUT2D eigenvalue weighted by molar-refractivity contribution is 7.90. The highest BCUT2D eigenvalue weighted by atomic mass is 32.2. The Hall–Kier alpha value is -4.05. The van der Waals surface area contributed by atoms with Gasteiger partial charge in [0.1, 0.15) is 22.3 Å². The number of ether oxygens (including phenoxy) is 1. The lowest BCUT2D eigenvalue weighted by Crippen LogP contribution is -2.61. The normalized spacial score (nSPS) is 18.6. The molecule has 0 saturated carbocycles. The van der Waals surface area contributed by atoms with E-state index in [0.29, 0.717) is 47.7 Å². The number of anilines is 3. The number of piperazine rings is 1. The number of H-pyrrole nitrogens is 1. The summed E-state index contributed by atoms with van der Waals surface area (Å²) in [4.78, 5) is 38.6. The second kappa shape index (κ2) is 13.1. The number of aryl methyl sites for hydroxylation is 1. The number of carbonyl (C=O) groups is 1. The van der Waals surface area contributed by atoms with Crippen molar-refractivity contribution in [3.8, 4) is 11.3 Å². The molecule has 1 aliphatic heterocycles. The van der Waals surface area contributed by atoms with Crippen LogP contribution in [0.3, 0.4) is 0 Å². The average Bonchev–Trinajstić information content (AvgIpc) is 3.42. The summed E-state index contributed by atoms with van der Waals surface area (Å²) < 4.78 is 44.4. The molecular weight excluding hydrogens is 601 g/mol. The first-order chi connectivity index (χ1) is 21.4. The van der Waals surface area contributed by atoms with Crippen LogP contribution in [-0.2, 0) is 19.4 Å². The number of hydrogen-bond donors (Lipinski definition) is 3. The summed E-state index contributed by atoms with van der Waals surface area (Å²) in [6.07, 6.45) is 6.23. The first-order valence-electron chi connectivity index (χ1n) is 14.6. The molecule has 3 N–H and O–H groups in total. The summed E-state index contributed by atoms with van der Waals surface area (Å²) in [5.41, 5.74) is 2.83. The number of carbonyl (C=O) groups excluding carboxylic acids is 1. The fraction of sp³-hybridized carbons (Fsp3) is 0.433. The van der Waals surface area contributed by atoms with Crippen LogP contribution >= 0.6 is 0 Å². The summed E-state index contributed by atoms with van der Waals surface area (Å²) in [5.74, 6) is -0.675. The van der Waals surface area contributed by atoms with E-state index in [9.17, 15) is 17.6 Å². The third-order valence-electron chi connectivity index (χ3n) is 8.15. The van der Waals surface area contributed by atoms with Crippen LogP contribution in [0.2, 0.25) is 0 Å². The maximum atomic E-state index is 15.0. The molecule has 1 amide bonds. The van der Waals surface area contributed by atoms with Gasteiger partial charge in [0.2, 0.25) is 11.9 Å². The van der Waals surface area contributed by atoms with E-state index in [-0.39, 0.29) is 35.7 Å². The molecule has 15 heteroatoms. The van der Waals surface area contributed by atoms with Gasteiger partial charge in [-0.15, -0.1) is 0 Å². The molecule has 3 aromatic heterocycles. The number of hydrogen-bond acceptors (Lipinski definition) is 11. The van der Waals surface area contributed by atoms with Gasteiger partial charge in [0.05, 0.1) is 24.0 Å². The van der Waals surface area contributed by atoms with Crippen molar-refractivity contribution in [2.75, 3.05) is 50.7 Å². The van der Waals surface area contributed by atoms with Gasteiger partial charge in [0.15, 0.2) is 21.5 Å². The van der Waals surface area contributed by atoms with Gasteiger partial charge in [-0.3, -0.25) is 14.6 Å². The molecule has 45 heavy (non-hydrogen) atoms. The molecule has 0 radical (unpaired) electrons. The van der Waals surface area contributed by atoms with Crippen LogP contribution in [0.15, 0.2) is 41.8 Å². The van der Waals surface area contributed by atoms with E-state index >= 15 is 0 Å². The van der Waals surface area contributed by atoms with Gasteiger partial charge in [0, 0.05) is 56.5 Å². The van der Waals surface area contributed by atoms with Gasteiger partial charge in [-0.2, -0.15) is 0 Å². The number of rotatable bonds is 10. The van der Waals surface area contributed by atoms with Crippen molar-refractivity contribution in [1.82, 2.24) is 34.7 Å². The first-order valence-corrected chi connectivity index (χ1v) is 16.5. The van der Waals surface area contributed by atoms with E-state index in [0.717, 1.165) is 18.4 Å². The lowest BCUT2D eigenvalue weighted by molar-refractivity contribution is -0.124. The predicted octanol–water partition coefficient (Wildman–Crippen LogP) is 3.38. The van der Waals surface area contributed by atoms with Crippen molar-refractivity contribution in [3.63, 3.8) is 0 Å². The van der Waals surface area contributed by atoms with Crippen LogP contribution in [0.25, 0.3) is 22.3 Å². The standard InChI is InChI=1S/C30H38FN9O4S/c1-7-22(40-14-19(15-44-5)39(4)13-18(40)3)29(41)38-28-27-26(34-16-35-28)20(12-32-27)25-17(2)11-33-30(37-25)36-21-9-8-10-23(24(21)31)45(6,42)43/h8-12,16,18-19,22,32H,7,13-15H2,1-6H3,(H,33,36,37)(H,34,35,38,41)/t18?,19?,22-/m1/s1. The quantitative estimate of drug-likeness (QED) is 0.234. The monoisotopic (exact) mass is 639 g/mol. The smallest absolute Gasteiger partial charge is 0.242 e. The summed E-state index contributed by atoms with van der Waals surface area (Å²) in [6.45, 7) is 8.05. The van der Waals surface area contributed by atoms with Crippen LogP contribution in [0.1, 0.15) is 25.8 Å². The summed E-state index contributed by atoms with van der Waals surface area (Å²) >= 11 is 0. The van der Waals surface area contributed by atoms with Gasteiger partial charge < -0.3 is 20.4 Å².